The summed E-state index contributed by atoms with van der Waals surface area (Å²) in [6.45, 7) is 0. The number of anilines is 2. The number of nitrogens with two attached hydrogens (primary N) is 1. The maximum absolute atomic E-state index is 13.2. The highest BCUT2D eigenvalue weighted by Crippen LogP contribution is 2.25. The van der Waals surface area contributed by atoms with Gasteiger partial charge in [-0.15, -0.1) is 10.2 Å². The minimum absolute atomic E-state index is 0.0839. The van der Waals surface area contributed by atoms with E-state index in [-0.39, 0.29) is 23.3 Å². The quantitative estimate of drug-likeness (QED) is 0.290. The van der Waals surface area contributed by atoms with Crippen molar-refractivity contribution in [2.45, 2.75) is 0 Å². The van der Waals surface area contributed by atoms with E-state index in [9.17, 15) is 8.78 Å². The van der Waals surface area contributed by atoms with E-state index in [1.165, 1.54) is 24.4 Å². The van der Waals surface area contributed by atoms with Crippen LogP contribution in [0.1, 0.15) is 5.69 Å². The second-order valence-corrected chi connectivity index (χ2v) is 4.57. The van der Waals surface area contributed by atoms with Crippen LogP contribution in [0.15, 0.2) is 46.1 Å². The van der Waals surface area contributed by atoms with E-state index in [0.717, 1.165) is 12.1 Å². The van der Waals surface area contributed by atoms with Gasteiger partial charge in [-0.25, -0.2) is 13.8 Å². The molecule has 0 spiro atoms. The Morgan fingerprint density at radius 2 is 2.00 bits per heavy atom. The zero-order chi connectivity index (χ0) is 17.1. The molecule has 0 fully saturated rings. The first-order valence-corrected chi connectivity index (χ1v) is 6.56. The third-order valence-corrected chi connectivity index (χ3v) is 2.98. The number of oxime groups is 1. The van der Waals surface area contributed by atoms with E-state index < -0.39 is 11.6 Å². The fourth-order valence-corrected chi connectivity index (χ4v) is 1.81. The lowest BCUT2D eigenvalue weighted by molar-refractivity contribution is 0.318. The monoisotopic (exact) mass is 332 g/mol. The molecular formula is C14H10F2N6O2. The highest BCUT2D eigenvalue weighted by atomic mass is 19.2. The summed E-state index contributed by atoms with van der Waals surface area (Å²) >= 11 is 0. The number of nitrogens with zero attached hydrogens (tertiary/aromatic N) is 4. The lowest BCUT2D eigenvalue weighted by Crippen LogP contribution is -2.15. The fraction of sp³-hybridized carbons (Fsp3) is 0. The topological polar surface area (TPSA) is 122 Å². The van der Waals surface area contributed by atoms with Crippen molar-refractivity contribution < 1.29 is 18.4 Å². The summed E-state index contributed by atoms with van der Waals surface area (Å²) < 4.78 is 31.6. The van der Waals surface area contributed by atoms with E-state index in [2.05, 4.69) is 25.7 Å². The molecule has 0 bridgehead atoms. The molecule has 8 nitrogen and oxygen atoms in total. The lowest BCUT2D eigenvalue weighted by atomic mass is 10.2. The molecule has 122 valence electrons. The van der Waals surface area contributed by atoms with Crippen molar-refractivity contribution in [3.05, 3.63) is 53.9 Å². The molecule has 2 aromatic heterocycles. The maximum Gasteiger partial charge on any atom is 0.300 e. The summed E-state index contributed by atoms with van der Waals surface area (Å²) in [4.78, 5) is 3.96. The number of aromatic nitrogens is 3. The highest BCUT2D eigenvalue weighted by Gasteiger charge is 2.11. The largest absolute Gasteiger partial charge is 0.423 e. The normalized spacial score (nSPS) is 11.5. The summed E-state index contributed by atoms with van der Waals surface area (Å²) in [5.74, 6) is -1.56. The van der Waals surface area contributed by atoms with Gasteiger partial charge in [0.1, 0.15) is 5.69 Å². The molecule has 1 aromatic carbocycles. The van der Waals surface area contributed by atoms with Crippen molar-refractivity contribution in [2.24, 2.45) is 10.9 Å². The number of hydrogen-bond donors (Lipinski definition) is 3. The molecule has 0 aliphatic rings. The first-order chi connectivity index (χ1) is 11.6. The molecule has 0 saturated carbocycles. The second kappa shape index (κ2) is 6.28. The van der Waals surface area contributed by atoms with Crippen LogP contribution in [0.5, 0.6) is 0 Å². The van der Waals surface area contributed by atoms with Crippen molar-refractivity contribution in [1.82, 2.24) is 15.2 Å². The van der Waals surface area contributed by atoms with Gasteiger partial charge in [0.05, 0.1) is 6.20 Å². The van der Waals surface area contributed by atoms with E-state index in [0.29, 0.717) is 11.4 Å². The Morgan fingerprint density at radius 1 is 1.17 bits per heavy atom. The van der Waals surface area contributed by atoms with E-state index in [4.69, 9.17) is 15.4 Å². The van der Waals surface area contributed by atoms with Crippen molar-refractivity contribution in [3.63, 3.8) is 0 Å². The van der Waals surface area contributed by atoms with Gasteiger partial charge in [-0.1, -0.05) is 5.16 Å². The zero-order valence-electron chi connectivity index (χ0n) is 11.9. The predicted molar refractivity (Wildman–Crippen MR) is 79.7 cm³/mol. The minimum Gasteiger partial charge on any atom is -0.423 e. The van der Waals surface area contributed by atoms with Crippen LogP contribution in [0.25, 0.3) is 11.3 Å². The Hall–Kier alpha value is -3.56. The summed E-state index contributed by atoms with van der Waals surface area (Å²) in [5.41, 5.74) is 5.90. The molecule has 10 heteroatoms. The van der Waals surface area contributed by atoms with Crippen LogP contribution in [0.3, 0.4) is 0 Å². The predicted octanol–water partition coefficient (Wildman–Crippen LogP) is 2.25. The lowest BCUT2D eigenvalue weighted by Gasteiger charge is -2.01. The van der Waals surface area contributed by atoms with Crippen LogP contribution in [0, 0.1) is 11.6 Å². The van der Waals surface area contributed by atoms with Gasteiger partial charge in [-0.3, -0.25) is 5.32 Å². The fourth-order valence-electron chi connectivity index (χ4n) is 1.81. The third-order valence-electron chi connectivity index (χ3n) is 2.98. The molecule has 0 radical (unpaired) electrons. The van der Waals surface area contributed by atoms with Crippen molar-refractivity contribution in [3.8, 4) is 11.3 Å². The number of nitrogens with one attached hydrogen (secondary N) is 1. The SMILES string of the molecule is N/C(=N\O)c1ccc(Nc2ncc(-c3ccc(F)c(F)c3)o2)nn1. The first kappa shape index (κ1) is 15.3. The van der Waals surface area contributed by atoms with E-state index in [1.807, 2.05) is 0 Å². The molecule has 0 unspecified atom stereocenters. The Morgan fingerprint density at radius 3 is 2.67 bits per heavy atom. The molecular weight excluding hydrogens is 322 g/mol. The minimum atomic E-state index is -0.983. The molecule has 2 heterocycles. The van der Waals surface area contributed by atoms with Gasteiger partial charge >= 0.3 is 6.01 Å². The number of halogens is 2. The van der Waals surface area contributed by atoms with Gasteiger partial charge in [0.15, 0.2) is 29.0 Å². The maximum atomic E-state index is 13.2. The first-order valence-electron chi connectivity index (χ1n) is 6.56. The highest BCUT2D eigenvalue weighted by molar-refractivity contribution is 5.95. The van der Waals surface area contributed by atoms with Gasteiger partial charge in [-0.2, -0.15) is 0 Å². The van der Waals surface area contributed by atoms with Gasteiger partial charge < -0.3 is 15.4 Å². The van der Waals surface area contributed by atoms with Crippen molar-refractivity contribution in [1.29, 1.82) is 0 Å². The number of oxazole rings is 1. The molecule has 0 aliphatic carbocycles. The van der Waals surface area contributed by atoms with Gasteiger partial charge in [0, 0.05) is 5.56 Å². The van der Waals surface area contributed by atoms with Crippen LogP contribution in [-0.2, 0) is 0 Å². The van der Waals surface area contributed by atoms with E-state index >= 15 is 0 Å². The molecule has 0 amide bonds. The van der Waals surface area contributed by atoms with E-state index in [1.54, 1.807) is 0 Å². The average molecular weight is 332 g/mol. The molecule has 0 saturated heterocycles. The average Bonchev–Trinajstić information content (AvgIpc) is 3.06. The van der Waals surface area contributed by atoms with Crippen molar-refractivity contribution in [2.75, 3.05) is 5.32 Å². The number of hydrogen-bond acceptors (Lipinski definition) is 7. The Balaban J connectivity index is 1.77. The standard InChI is InChI=1S/C14H10F2N6O2/c15-8-2-1-7(5-9(8)16)11-6-18-14(24-11)19-12-4-3-10(20-21-12)13(17)22-23/h1-6,23H,(H2,17,22)(H,18,19,21). The third kappa shape index (κ3) is 3.11. The van der Waals surface area contributed by atoms with Gasteiger partial charge in [-0.05, 0) is 30.3 Å². The van der Waals surface area contributed by atoms with Gasteiger partial charge in [0.25, 0.3) is 0 Å². The van der Waals surface area contributed by atoms with Crippen LogP contribution >= 0.6 is 0 Å². The van der Waals surface area contributed by atoms with Crippen molar-refractivity contribution >= 4 is 17.7 Å². The second-order valence-electron chi connectivity index (χ2n) is 4.57. The smallest absolute Gasteiger partial charge is 0.300 e. The molecule has 3 aromatic rings. The van der Waals surface area contributed by atoms with Crippen LogP contribution in [0.2, 0.25) is 0 Å². The Labute approximate surface area is 133 Å². The Kier molecular flexibility index (Phi) is 4.01. The zero-order valence-corrected chi connectivity index (χ0v) is 11.9. The van der Waals surface area contributed by atoms with Gasteiger partial charge in [0.2, 0.25) is 0 Å². The summed E-state index contributed by atoms with van der Waals surface area (Å²) in [6, 6.07) is 6.45. The summed E-state index contributed by atoms with van der Waals surface area (Å²) in [5, 5.41) is 21.6. The molecule has 3 rings (SSSR count). The summed E-state index contributed by atoms with van der Waals surface area (Å²) in [6.07, 6.45) is 1.35. The molecule has 4 N–H and O–H groups in total. The van der Waals surface area contributed by atoms with Crippen LogP contribution in [0.4, 0.5) is 20.6 Å². The number of amidine groups is 1. The number of rotatable bonds is 4. The Bertz CT molecular complexity index is 895. The molecule has 24 heavy (non-hydrogen) atoms. The molecule has 0 aliphatic heterocycles. The number of benzene rings is 1. The summed E-state index contributed by atoms with van der Waals surface area (Å²) in [7, 11) is 0. The molecule has 0 atom stereocenters. The van der Waals surface area contributed by atoms with Crippen LogP contribution < -0.4 is 11.1 Å². The van der Waals surface area contributed by atoms with Crippen LogP contribution in [-0.4, -0.2) is 26.2 Å².